The Hall–Kier alpha value is -1.96. The fourth-order valence-electron chi connectivity index (χ4n) is 4.09. The van der Waals surface area contributed by atoms with Crippen molar-refractivity contribution < 1.29 is 9.18 Å². The molecule has 2 aliphatic rings. The molecule has 2 atom stereocenters. The number of halogens is 2. The maximum atomic E-state index is 13.2. The lowest BCUT2D eigenvalue weighted by molar-refractivity contribution is 0.0786. The molecule has 27 heavy (non-hydrogen) atoms. The van der Waals surface area contributed by atoms with Gasteiger partial charge in [0.25, 0.3) is 5.91 Å². The number of rotatable bonds is 2. The summed E-state index contributed by atoms with van der Waals surface area (Å²) >= 11 is 1.47. The highest BCUT2D eigenvalue weighted by Gasteiger charge is 2.38. The standard InChI is InChI=1S/C19H19FN4OS.ClH/c1-11-16-6-17(18(25)23-9-12-7-21-8-13(12)10-23)26-19(16)24(22-11)15-4-2-14(20)3-5-15;/h2-6,12-13,21H,7-10H2,1H3;1H/t12-,13+;. The zero-order valence-corrected chi connectivity index (χ0v) is 16.4. The first-order valence-corrected chi connectivity index (χ1v) is 9.67. The summed E-state index contributed by atoms with van der Waals surface area (Å²) in [6, 6.07) is 8.22. The third kappa shape index (κ3) is 3.03. The van der Waals surface area contributed by atoms with Crippen LogP contribution in [0.15, 0.2) is 30.3 Å². The quantitative estimate of drug-likeness (QED) is 0.710. The summed E-state index contributed by atoms with van der Waals surface area (Å²) in [6.45, 7) is 5.65. The summed E-state index contributed by atoms with van der Waals surface area (Å²) in [6.07, 6.45) is 0. The Morgan fingerprint density at radius 2 is 1.89 bits per heavy atom. The zero-order chi connectivity index (χ0) is 17.8. The lowest BCUT2D eigenvalue weighted by Gasteiger charge is -2.16. The number of likely N-dealkylation sites (tertiary alicyclic amines) is 1. The lowest BCUT2D eigenvalue weighted by Crippen LogP contribution is -2.31. The molecule has 2 aromatic heterocycles. The minimum absolute atomic E-state index is 0. The van der Waals surface area contributed by atoms with E-state index < -0.39 is 0 Å². The first kappa shape index (κ1) is 18.4. The Kier molecular flexibility index (Phi) is 4.70. The molecule has 0 radical (unpaired) electrons. The van der Waals surface area contributed by atoms with Crippen LogP contribution in [0.25, 0.3) is 15.9 Å². The highest BCUT2D eigenvalue weighted by molar-refractivity contribution is 7.20. The molecule has 2 fully saturated rings. The van der Waals surface area contributed by atoms with Crippen LogP contribution in [0.4, 0.5) is 4.39 Å². The monoisotopic (exact) mass is 406 g/mol. The molecule has 5 rings (SSSR count). The molecule has 1 amide bonds. The van der Waals surface area contributed by atoms with Crippen molar-refractivity contribution in [3.8, 4) is 5.69 Å². The number of nitrogens with zero attached hydrogens (tertiary/aromatic N) is 3. The average Bonchev–Trinajstić information content (AvgIpc) is 3.36. The molecule has 2 aliphatic heterocycles. The third-order valence-corrected chi connectivity index (χ3v) is 6.60. The van der Waals surface area contributed by atoms with Crippen LogP contribution in [0.2, 0.25) is 0 Å². The van der Waals surface area contributed by atoms with Crippen LogP contribution in [-0.4, -0.2) is 46.8 Å². The van der Waals surface area contributed by atoms with Crippen molar-refractivity contribution in [1.82, 2.24) is 20.0 Å². The van der Waals surface area contributed by atoms with Crippen molar-refractivity contribution in [3.05, 3.63) is 46.7 Å². The molecule has 0 unspecified atom stereocenters. The minimum atomic E-state index is -0.273. The molecule has 0 aliphatic carbocycles. The number of benzene rings is 1. The van der Waals surface area contributed by atoms with E-state index in [1.165, 1.54) is 23.5 Å². The van der Waals surface area contributed by atoms with Crippen molar-refractivity contribution >= 4 is 39.9 Å². The predicted molar refractivity (Wildman–Crippen MR) is 107 cm³/mol. The SMILES string of the molecule is Cc1nn(-c2ccc(F)cc2)c2sc(C(=O)N3C[C@H]4CNC[C@H]4C3)cc12.Cl. The number of aryl methyl sites for hydroxylation is 1. The molecule has 1 N–H and O–H groups in total. The summed E-state index contributed by atoms with van der Waals surface area (Å²) in [5.74, 6) is 1.02. The van der Waals surface area contributed by atoms with Gasteiger partial charge in [-0.1, -0.05) is 0 Å². The molecule has 0 saturated carbocycles. The average molecular weight is 407 g/mol. The maximum Gasteiger partial charge on any atom is 0.264 e. The molecule has 8 heteroatoms. The molecule has 1 aromatic carbocycles. The second-order valence-electron chi connectivity index (χ2n) is 7.19. The van der Waals surface area contributed by atoms with Gasteiger partial charge in [0, 0.05) is 31.6 Å². The lowest BCUT2D eigenvalue weighted by atomic mass is 10.0. The van der Waals surface area contributed by atoms with Gasteiger partial charge in [-0.3, -0.25) is 4.79 Å². The van der Waals surface area contributed by atoms with Gasteiger partial charge in [-0.05, 0) is 49.1 Å². The van der Waals surface area contributed by atoms with Gasteiger partial charge < -0.3 is 10.2 Å². The van der Waals surface area contributed by atoms with Crippen LogP contribution in [0, 0.1) is 24.6 Å². The molecule has 4 heterocycles. The summed E-state index contributed by atoms with van der Waals surface area (Å²) in [4.78, 5) is 16.7. The van der Waals surface area contributed by atoms with Crippen LogP contribution >= 0.6 is 23.7 Å². The fourth-order valence-corrected chi connectivity index (χ4v) is 5.24. The molecule has 0 spiro atoms. The molecule has 3 aromatic rings. The van der Waals surface area contributed by atoms with Gasteiger partial charge in [0.05, 0.1) is 16.3 Å². The largest absolute Gasteiger partial charge is 0.337 e. The number of fused-ring (bicyclic) bond motifs is 2. The van der Waals surface area contributed by atoms with Gasteiger partial charge in [-0.15, -0.1) is 23.7 Å². The minimum Gasteiger partial charge on any atom is -0.337 e. The Bertz CT molecular complexity index is 987. The molecule has 5 nitrogen and oxygen atoms in total. The van der Waals surface area contributed by atoms with Gasteiger partial charge in [0.15, 0.2) is 0 Å². The van der Waals surface area contributed by atoms with Crippen molar-refractivity contribution in [1.29, 1.82) is 0 Å². The van der Waals surface area contributed by atoms with Crippen molar-refractivity contribution in [2.75, 3.05) is 26.2 Å². The van der Waals surface area contributed by atoms with Crippen LogP contribution in [-0.2, 0) is 0 Å². The number of carbonyl (C=O) groups is 1. The van der Waals surface area contributed by atoms with Gasteiger partial charge in [0.1, 0.15) is 10.6 Å². The second-order valence-corrected chi connectivity index (χ2v) is 8.22. The zero-order valence-electron chi connectivity index (χ0n) is 14.8. The first-order valence-electron chi connectivity index (χ1n) is 8.85. The summed E-state index contributed by atoms with van der Waals surface area (Å²) < 4.78 is 15.0. The Morgan fingerprint density at radius 1 is 1.22 bits per heavy atom. The second kappa shape index (κ2) is 6.89. The van der Waals surface area contributed by atoms with E-state index in [1.807, 2.05) is 17.9 Å². The van der Waals surface area contributed by atoms with E-state index in [9.17, 15) is 9.18 Å². The van der Waals surface area contributed by atoms with E-state index in [2.05, 4.69) is 10.4 Å². The summed E-state index contributed by atoms with van der Waals surface area (Å²) in [5, 5.41) is 8.96. The number of nitrogens with one attached hydrogen (secondary N) is 1. The number of thiophene rings is 1. The normalized spacial score (nSPS) is 21.5. The van der Waals surface area contributed by atoms with Gasteiger partial charge >= 0.3 is 0 Å². The molecule has 142 valence electrons. The predicted octanol–water partition coefficient (Wildman–Crippen LogP) is 3.25. The third-order valence-electron chi connectivity index (χ3n) is 5.50. The summed E-state index contributed by atoms with van der Waals surface area (Å²) in [5.41, 5.74) is 1.68. The molecule has 0 bridgehead atoms. The smallest absolute Gasteiger partial charge is 0.264 e. The van der Waals surface area contributed by atoms with Crippen LogP contribution in [0.1, 0.15) is 15.4 Å². The van der Waals surface area contributed by atoms with E-state index in [-0.39, 0.29) is 24.1 Å². The number of hydrogen-bond acceptors (Lipinski definition) is 4. The first-order chi connectivity index (χ1) is 12.6. The highest BCUT2D eigenvalue weighted by atomic mass is 35.5. The maximum absolute atomic E-state index is 13.2. The number of hydrogen-bond donors (Lipinski definition) is 1. The number of aromatic nitrogens is 2. The van der Waals surface area contributed by atoms with Gasteiger partial charge in [-0.25, -0.2) is 9.07 Å². The topological polar surface area (TPSA) is 50.2 Å². The van der Waals surface area contributed by atoms with Gasteiger partial charge in [0.2, 0.25) is 0 Å². The van der Waals surface area contributed by atoms with E-state index >= 15 is 0 Å². The Balaban J connectivity index is 0.00000180. The van der Waals surface area contributed by atoms with Crippen molar-refractivity contribution in [2.24, 2.45) is 11.8 Å². The van der Waals surface area contributed by atoms with Crippen molar-refractivity contribution in [2.45, 2.75) is 6.92 Å². The molecular formula is C19H20ClFN4OS. The Labute approximate surface area is 166 Å². The van der Waals surface area contributed by atoms with E-state index in [4.69, 9.17) is 0 Å². The highest BCUT2D eigenvalue weighted by Crippen LogP contribution is 2.33. The number of amides is 1. The van der Waals surface area contributed by atoms with E-state index in [0.29, 0.717) is 11.8 Å². The van der Waals surface area contributed by atoms with Crippen molar-refractivity contribution in [3.63, 3.8) is 0 Å². The van der Waals surface area contributed by atoms with E-state index in [0.717, 1.165) is 52.7 Å². The van der Waals surface area contributed by atoms with E-state index in [1.54, 1.807) is 16.8 Å². The molecular weight excluding hydrogens is 387 g/mol. The summed E-state index contributed by atoms with van der Waals surface area (Å²) in [7, 11) is 0. The fraction of sp³-hybridized carbons (Fsp3) is 0.368. The van der Waals surface area contributed by atoms with Crippen LogP contribution < -0.4 is 5.32 Å². The Morgan fingerprint density at radius 3 is 2.56 bits per heavy atom. The van der Waals surface area contributed by atoms with Crippen LogP contribution in [0.5, 0.6) is 0 Å². The molecule has 2 saturated heterocycles. The van der Waals surface area contributed by atoms with Crippen LogP contribution in [0.3, 0.4) is 0 Å². The number of carbonyl (C=O) groups excluding carboxylic acids is 1. The van der Waals surface area contributed by atoms with Gasteiger partial charge in [-0.2, -0.15) is 5.10 Å².